The maximum absolute atomic E-state index is 11.6. The van der Waals surface area contributed by atoms with Gasteiger partial charge in [0, 0.05) is 12.0 Å². The molecular formula is C12H11NO4. The number of carbonyl (C=O) groups excluding carboxylic acids is 1. The third-order valence-electron chi connectivity index (χ3n) is 2.21. The normalized spacial score (nSPS) is 9.41. The van der Waals surface area contributed by atoms with Gasteiger partial charge < -0.3 is 9.84 Å². The summed E-state index contributed by atoms with van der Waals surface area (Å²) in [6.45, 7) is 0. The fourth-order valence-electron chi connectivity index (χ4n) is 1.33. The van der Waals surface area contributed by atoms with Gasteiger partial charge in [0.25, 0.3) is 0 Å². The third-order valence-corrected chi connectivity index (χ3v) is 2.21. The molecule has 1 N–H and O–H groups in total. The van der Waals surface area contributed by atoms with E-state index in [1.54, 1.807) is 0 Å². The van der Waals surface area contributed by atoms with Crippen molar-refractivity contribution >= 4 is 11.8 Å². The average Bonchev–Trinajstić information content (AvgIpc) is 2.34. The Morgan fingerprint density at radius 1 is 1.41 bits per heavy atom. The average molecular weight is 233 g/mol. The molecule has 0 bridgehead atoms. The van der Waals surface area contributed by atoms with Crippen molar-refractivity contribution < 1.29 is 19.4 Å². The van der Waals surface area contributed by atoms with Crippen molar-refractivity contribution in [1.29, 1.82) is 5.26 Å². The zero-order valence-corrected chi connectivity index (χ0v) is 9.27. The number of carbonyl (C=O) groups is 2. The summed E-state index contributed by atoms with van der Waals surface area (Å²) in [5.74, 6) is -0.929. The second-order valence-electron chi connectivity index (χ2n) is 3.34. The first-order valence-corrected chi connectivity index (χ1v) is 4.91. The third kappa shape index (κ3) is 3.31. The van der Waals surface area contributed by atoms with E-state index in [0.717, 1.165) is 0 Å². The molecule has 0 heterocycles. The molecule has 0 amide bonds. The summed E-state index contributed by atoms with van der Waals surface area (Å²) in [6.07, 6.45) is -0.292. The lowest BCUT2D eigenvalue weighted by atomic mass is 10.0. The smallest absolute Gasteiger partial charge is 0.303 e. The Labute approximate surface area is 98.2 Å². The van der Waals surface area contributed by atoms with E-state index < -0.39 is 5.97 Å². The van der Waals surface area contributed by atoms with Gasteiger partial charge in [0.05, 0.1) is 19.1 Å². The number of methoxy groups -OCH3 is 1. The van der Waals surface area contributed by atoms with Gasteiger partial charge in [0.15, 0.2) is 5.78 Å². The van der Waals surface area contributed by atoms with E-state index in [1.165, 1.54) is 25.3 Å². The van der Waals surface area contributed by atoms with Crippen LogP contribution in [0.5, 0.6) is 5.75 Å². The minimum Gasteiger partial charge on any atom is -0.495 e. The number of rotatable bonds is 5. The first-order chi connectivity index (χ1) is 8.08. The molecule has 88 valence electrons. The van der Waals surface area contributed by atoms with Crippen molar-refractivity contribution in [1.82, 2.24) is 0 Å². The van der Waals surface area contributed by atoms with E-state index in [2.05, 4.69) is 0 Å². The lowest BCUT2D eigenvalue weighted by Gasteiger charge is -2.04. The number of hydrogen-bond donors (Lipinski definition) is 1. The molecule has 0 saturated carbocycles. The van der Waals surface area contributed by atoms with Gasteiger partial charge in [-0.2, -0.15) is 5.26 Å². The monoisotopic (exact) mass is 233 g/mol. The van der Waals surface area contributed by atoms with Crippen molar-refractivity contribution in [2.45, 2.75) is 12.8 Å². The highest BCUT2D eigenvalue weighted by Crippen LogP contribution is 2.19. The number of nitriles is 1. The summed E-state index contributed by atoms with van der Waals surface area (Å²) in [7, 11) is 1.43. The van der Waals surface area contributed by atoms with Crippen LogP contribution in [0.25, 0.3) is 0 Å². The molecule has 5 heteroatoms. The molecule has 0 unspecified atom stereocenters. The van der Waals surface area contributed by atoms with Crippen LogP contribution in [0, 0.1) is 11.3 Å². The molecule has 1 aromatic rings. The Kier molecular flexibility index (Phi) is 4.23. The summed E-state index contributed by atoms with van der Waals surface area (Å²) in [4.78, 5) is 21.9. The number of benzene rings is 1. The fraction of sp³-hybridized carbons (Fsp3) is 0.250. The number of Topliss-reactive ketones (excluding diaryl/α,β-unsaturated/α-hetero) is 1. The molecule has 0 aliphatic heterocycles. The van der Waals surface area contributed by atoms with E-state index in [1.807, 2.05) is 6.07 Å². The molecule has 1 aromatic carbocycles. The Morgan fingerprint density at radius 2 is 2.12 bits per heavy atom. The van der Waals surface area contributed by atoms with Crippen LogP contribution in [-0.4, -0.2) is 24.0 Å². The first kappa shape index (κ1) is 12.7. The van der Waals surface area contributed by atoms with Crippen molar-refractivity contribution in [2.75, 3.05) is 7.11 Å². The minimum absolute atomic E-state index is 0.0769. The van der Waals surface area contributed by atoms with Gasteiger partial charge in [-0.05, 0) is 18.2 Å². The zero-order chi connectivity index (χ0) is 12.8. The summed E-state index contributed by atoms with van der Waals surface area (Å²) < 4.78 is 4.94. The molecule has 0 fully saturated rings. The Morgan fingerprint density at radius 3 is 2.65 bits per heavy atom. The summed E-state index contributed by atoms with van der Waals surface area (Å²) in [5.41, 5.74) is 0.581. The van der Waals surface area contributed by atoms with Crippen LogP contribution < -0.4 is 4.74 Å². The predicted molar refractivity (Wildman–Crippen MR) is 58.9 cm³/mol. The van der Waals surface area contributed by atoms with Gasteiger partial charge in [-0.1, -0.05) is 0 Å². The van der Waals surface area contributed by atoms with Gasteiger partial charge in [0.1, 0.15) is 11.8 Å². The highest BCUT2D eigenvalue weighted by molar-refractivity contribution is 5.97. The van der Waals surface area contributed by atoms with E-state index in [0.29, 0.717) is 11.3 Å². The minimum atomic E-state index is -1.02. The van der Waals surface area contributed by atoms with Crippen molar-refractivity contribution in [3.63, 3.8) is 0 Å². The standard InChI is InChI=1S/C12H11NO4/c1-17-11-4-2-8(6-9(11)7-13)10(14)3-5-12(15)16/h2,4,6H,3,5H2,1H3,(H,15,16). The Hall–Kier alpha value is -2.35. The molecule has 0 aliphatic rings. The predicted octanol–water partition coefficient (Wildman–Crippen LogP) is 1.61. The van der Waals surface area contributed by atoms with Gasteiger partial charge in [-0.3, -0.25) is 9.59 Å². The number of ether oxygens (including phenoxy) is 1. The van der Waals surface area contributed by atoms with Crippen LogP contribution >= 0.6 is 0 Å². The van der Waals surface area contributed by atoms with Gasteiger partial charge in [-0.25, -0.2) is 0 Å². The second kappa shape index (κ2) is 5.66. The van der Waals surface area contributed by atoms with Crippen LogP contribution in [0.2, 0.25) is 0 Å². The Balaban J connectivity index is 2.89. The molecular weight excluding hydrogens is 222 g/mol. The topological polar surface area (TPSA) is 87.4 Å². The largest absolute Gasteiger partial charge is 0.495 e. The molecule has 0 spiro atoms. The van der Waals surface area contributed by atoms with E-state index in [4.69, 9.17) is 15.1 Å². The maximum atomic E-state index is 11.6. The molecule has 1 rings (SSSR count). The van der Waals surface area contributed by atoms with Gasteiger partial charge in [-0.15, -0.1) is 0 Å². The summed E-state index contributed by atoms with van der Waals surface area (Å²) in [6, 6.07) is 6.36. The number of aliphatic carboxylic acids is 1. The summed E-state index contributed by atoms with van der Waals surface area (Å²) in [5, 5.41) is 17.3. The van der Waals surface area contributed by atoms with Crippen LogP contribution in [0.1, 0.15) is 28.8 Å². The van der Waals surface area contributed by atoms with Crippen LogP contribution in [0.15, 0.2) is 18.2 Å². The van der Waals surface area contributed by atoms with Gasteiger partial charge >= 0.3 is 5.97 Å². The molecule has 0 atom stereocenters. The molecule has 0 radical (unpaired) electrons. The highest BCUT2D eigenvalue weighted by atomic mass is 16.5. The number of ketones is 1. The maximum Gasteiger partial charge on any atom is 0.303 e. The highest BCUT2D eigenvalue weighted by Gasteiger charge is 2.11. The zero-order valence-electron chi connectivity index (χ0n) is 9.27. The van der Waals surface area contributed by atoms with Gasteiger partial charge in [0.2, 0.25) is 0 Å². The second-order valence-corrected chi connectivity index (χ2v) is 3.34. The van der Waals surface area contributed by atoms with E-state index >= 15 is 0 Å². The lowest BCUT2D eigenvalue weighted by Crippen LogP contribution is -2.04. The quantitative estimate of drug-likeness (QED) is 0.780. The number of carboxylic acid groups (broad SMARTS) is 1. The van der Waals surface area contributed by atoms with Crippen molar-refractivity contribution in [2.24, 2.45) is 0 Å². The molecule has 0 saturated heterocycles. The molecule has 0 aliphatic carbocycles. The molecule has 17 heavy (non-hydrogen) atoms. The first-order valence-electron chi connectivity index (χ1n) is 4.91. The fourth-order valence-corrected chi connectivity index (χ4v) is 1.33. The number of carboxylic acids is 1. The van der Waals surface area contributed by atoms with Crippen molar-refractivity contribution in [3.8, 4) is 11.8 Å². The lowest BCUT2D eigenvalue weighted by molar-refractivity contribution is -0.136. The SMILES string of the molecule is COc1ccc(C(=O)CCC(=O)O)cc1C#N. The van der Waals surface area contributed by atoms with Crippen molar-refractivity contribution in [3.05, 3.63) is 29.3 Å². The number of nitrogens with zero attached hydrogens (tertiary/aromatic N) is 1. The van der Waals surface area contributed by atoms with E-state index in [9.17, 15) is 9.59 Å². The van der Waals surface area contributed by atoms with Crippen LogP contribution in [0.4, 0.5) is 0 Å². The van der Waals surface area contributed by atoms with Crippen LogP contribution in [-0.2, 0) is 4.79 Å². The van der Waals surface area contributed by atoms with E-state index in [-0.39, 0.29) is 24.2 Å². The summed E-state index contributed by atoms with van der Waals surface area (Å²) >= 11 is 0. The molecule has 5 nitrogen and oxygen atoms in total. The van der Waals surface area contributed by atoms with Crippen LogP contribution in [0.3, 0.4) is 0 Å². The Bertz CT molecular complexity index is 488. The number of hydrogen-bond acceptors (Lipinski definition) is 4. The molecule has 0 aromatic heterocycles.